The number of rotatable bonds is 5. The van der Waals surface area contributed by atoms with Gasteiger partial charge in [-0.2, -0.15) is 0 Å². The third-order valence-electron chi connectivity index (χ3n) is 3.89. The molecule has 1 atom stereocenters. The molecule has 4 heteroatoms. The lowest BCUT2D eigenvalue weighted by molar-refractivity contribution is -0.121. The number of benzene rings is 2. The Labute approximate surface area is 135 Å². The van der Waals surface area contributed by atoms with E-state index in [1.807, 2.05) is 55.5 Å². The third kappa shape index (κ3) is 3.37. The lowest BCUT2D eigenvalue weighted by Crippen LogP contribution is -2.27. The molecular formula is C19H19NO3. The molecular weight excluding hydrogens is 290 g/mol. The predicted molar refractivity (Wildman–Crippen MR) is 89.5 cm³/mol. The second kappa shape index (κ2) is 6.57. The van der Waals surface area contributed by atoms with Gasteiger partial charge in [0, 0.05) is 17.0 Å². The van der Waals surface area contributed by atoms with Crippen LogP contribution in [0, 0.1) is 0 Å². The average molecular weight is 309 g/mol. The molecule has 1 aromatic heterocycles. The monoisotopic (exact) mass is 309 g/mol. The fourth-order valence-corrected chi connectivity index (χ4v) is 2.62. The standard InChI is InChI=1S/C19H19NO3/c1-13(14-6-4-3-5-7-14)20-19(21)10-15-12-23-18-11-16(22-2)8-9-17(15)18/h3-9,11-13H,10H2,1-2H3,(H,20,21). The van der Waals surface area contributed by atoms with Gasteiger partial charge < -0.3 is 14.5 Å². The number of ether oxygens (including phenoxy) is 1. The molecule has 1 amide bonds. The molecule has 118 valence electrons. The summed E-state index contributed by atoms with van der Waals surface area (Å²) in [6.07, 6.45) is 1.92. The highest BCUT2D eigenvalue weighted by molar-refractivity contribution is 5.88. The summed E-state index contributed by atoms with van der Waals surface area (Å²) in [7, 11) is 1.61. The van der Waals surface area contributed by atoms with Gasteiger partial charge in [0.05, 0.1) is 25.8 Å². The number of amides is 1. The van der Waals surface area contributed by atoms with Crippen LogP contribution in [0.5, 0.6) is 5.75 Å². The summed E-state index contributed by atoms with van der Waals surface area (Å²) in [4.78, 5) is 12.3. The molecule has 0 saturated carbocycles. The van der Waals surface area contributed by atoms with E-state index < -0.39 is 0 Å². The summed E-state index contributed by atoms with van der Waals surface area (Å²) in [5.74, 6) is 0.709. The highest BCUT2D eigenvalue weighted by Crippen LogP contribution is 2.26. The summed E-state index contributed by atoms with van der Waals surface area (Å²) in [6, 6.07) is 15.5. The molecule has 0 saturated heterocycles. The molecule has 0 aliphatic rings. The average Bonchev–Trinajstić information content (AvgIpc) is 2.97. The Bertz CT molecular complexity index is 808. The van der Waals surface area contributed by atoms with Gasteiger partial charge >= 0.3 is 0 Å². The molecule has 3 rings (SSSR count). The lowest BCUT2D eigenvalue weighted by Gasteiger charge is -2.14. The summed E-state index contributed by atoms with van der Waals surface area (Å²) >= 11 is 0. The predicted octanol–water partition coefficient (Wildman–Crippen LogP) is 3.86. The van der Waals surface area contributed by atoms with Crippen LogP contribution in [0.15, 0.2) is 59.2 Å². The first-order valence-electron chi connectivity index (χ1n) is 7.56. The molecule has 1 N–H and O–H groups in total. The van der Waals surface area contributed by atoms with Crippen molar-refractivity contribution in [3.05, 3.63) is 65.9 Å². The maximum absolute atomic E-state index is 12.3. The first-order chi connectivity index (χ1) is 11.2. The third-order valence-corrected chi connectivity index (χ3v) is 3.89. The van der Waals surface area contributed by atoms with Crippen molar-refractivity contribution in [2.75, 3.05) is 7.11 Å². The summed E-state index contributed by atoms with van der Waals surface area (Å²) in [6.45, 7) is 1.98. The Balaban J connectivity index is 1.71. The maximum Gasteiger partial charge on any atom is 0.225 e. The van der Waals surface area contributed by atoms with Crippen molar-refractivity contribution in [1.82, 2.24) is 5.32 Å². The number of carbonyl (C=O) groups excluding carboxylic acids is 1. The smallest absolute Gasteiger partial charge is 0.225 e. The summed E-state index contributed by atoms with van der Waals surface area (Å²) in [5.41, 5.74) is 2.69. The fraction of sp³-hybridized carbons (Fsp3) is 0.211. The molecule has 23 heavy (non-hydrogen) atoms. The van der Waals surface area contributed by atoms with Crippen LogP contribution in [0.4, 0.5) is 0 Å². The molecule has 1 unspecified atom stereocenters. The van der Waals surface area contributed by atoms with E-state index in [0.717, 1.165) is 27.8 Å². The van der Waals surface area contributed by atoms with Gasteiger partial charge in [-0.15, -0.1) is 0 Å². The summed E-state index contributed by atoms with van der Waals surface area (Å²) in [5, 5.41) is 3.95. The Morgan fingerprint density at radius 1 is 1.22 bits per heavy atom. The zero-order valence-corrected chi connectivity index (χ0v) is 13.2. The van der Waals surface area contributed by atoms with Crippen molar-refractivity contribution in [2.45, 2.75) is 19.4 Å². The summed E-state index contributed by atoms with van der Waals surface area (Å²) < 4.78 is 10.7. The molecule has 3 aromatic rings. The van der Waals surface area contributed by atoms with E-state index in [1.54, 1.807) is 13.4 Å². The van der Waals surface area contributed by atoms with E-state index in [-0.39, 0.29) is 18.4 Å². The minimum Gasteiger partial charge on any atom is -0.497 e. The number of furan rings is 1. The molecule has 0 bridgehead atoms. The molecule has 0 aliphatic heterocycles. The minimum atomic E-state index is -0.0279. The van der Waals surface area contributed by atoms with Crippen molar-refractivity contribution < 1.29 is 13.9 Å². The van der Waals surface area contributed by atoms with Crippen LogP contribution in [0.1, 0.15) is 24.1 Å². The highest BCUT2D eigenvalue weighted by atomic mass is 16.5. The number of fused-ring (bicyclic) bond motifs is 1. The topological polar surface area (TPSA) is 51.5 Å². The van der Waals surface area contributed by atoms with Crippen molar-refractivity contribution in [3.8, 4) is 5.75 Å². The van der Waals surface area contributed by atoms with Gasteiger partial charge in [-0.05, 0) is 24.6 Å². The van der Waals surface area contributed by atoms with E-state index in [9.17, 15) is 4.79 Å². The Hall–Kier alpha value is -2.75. The van der Waals surface area contributed by atoms with Crippen LogP contribution < -0.4 is 10.1 Å². The van der Waals surface area contributed by atoms with Crippen LogP contribution in [-0.2, 0) is 11.2 Å². The van der Waals surface area contributed by atoms with Gasteiger partial charge in [-0.3, -0.25) is 4.79 Å². The van der Waals surface area contributed by atoms with E-state index in [4.69, 9.17) is 9.15 Å². The number of hydrogen-bond donors (Lipinski definition) is 1. The van der Waals surface area contributed by atoms with E-state index >= 15 is 0 Å². The second-order valence-corrected chi connectivity index (χ2v) is 5.50. The Morgan fingerprint density at radius 2 is 2.00 bits per heavy atom. The van der Waals surface area contributed by atoms with Crippen LogP contribution >= 0.6 is 0 Å². The van der Waals surface area contributed by atoms with Crippen molar-refractivity contribution >= 4 is 16.9 Å². The van der Waals surface area contributed by atoms with Crippen LogP contribution in [0.3, 0.4) is 0 Å². The SMILES string of the molecule is COc1ccc2c(CC(=O)NC(C)c3ccccc3)coc2c1. The van der Waals surface area contributed by atoms with Gasteiger partial charge in [0.1, 0.15) is 11.3 Å². The first kappa shape index (κ1) is 15.2. The zero-order chi connectivity index (χ0) is 16.2. The van der Waals surface area contributed by atoms with Crippen molar-refractivity contribution in [1.29, 1.82) is 0 Å². The van der Waals surface area contributed by atoms with E-state index in [1.165, 1.54) is 0 Å². The number of hydrogen-bond acceptors (Lipinski definition) is 3. The largest absolute Gasteiger partial charge is 0.497 e. The molecule has 1 heterocycles. The van der Waals surface area contributed by atoms with E-state index in [0.29, 0.717) is 0 Å². The van der Waals surface area contributed by atoms with Gasteiger partial charge in [0.15, 0.2) is 0 Å². The minimum absolute atomic E-state index is 0.0260. The lowest BCUT2D eigenvalue weighted by atomic mass is 10.1. The number of carbonyl (C=O) groups is 1. The van der Waals surface area contributed by atoms with Gasteiger partial charge in [-0.25, -0.2) is 0 Å². The van der Waals surface area contributed by atoms with Crippen molar-refractivity contribution in [2.24, 2.45) is 0 Å². The molecule has 2 aromatic carbocycles. The molecule has 0 spiro atoms. The second-order valence-electron chi connectivity index (χ2n) is 5.50. The normalized spacial score (nSPS) is 12.1. The fourth-order valence-electron chi connectivity index (χ4n) is 2.62. The Morgan fingerprint density at radius 3 is 2.74 bits per heavy atom. The van der Waals surface area contributed by atoms with Crippen LogP contribution in [-0.4, -0.2) is 13.0 Å². The molecule has 4 nitrogen and oxygen atoms in total. The molecule has 0 radical (unpaired) electrons. The van der Waals surface area contributed by atoms with E-state index in [2.05, 4.69) is 5.32 Å². The van der Waals surface area contributed by atoms with Crippen LogP contribution in [0.2, 0.25) is 0 Å². The quantitative estimate of drug-likeness (QED) is 0.778. The van der Waals surface area contributed by atoms with Crippen LogP contribution in [0.25, 0.3) is 11.0 Å². The Kier molecular flexibility index (Phi) is 4.33. The maximum atomic E-state index is 12.3. The number of methoxy groups -OCH3 is 1. The number of nitrogens with one attached hydrogen (secondary N) is 1. The molecule has 0 aliphatic carbocycles. The highest BCUT2D eigenvalue weighted by Gasteiger charge is 2.13. The first-order valence-corrected chi connectivity index (χ1v) is 7.56. The van der Waals surface area contributed by atoms with Gasteiger partial charge in [0.2, 0.25) is 5.91 Å². The van der Waals surface area contributed by atoms with Crippen molar-refractivity contribution in [3.63, 3.8) is 0 Å². The zero-order valence-electron chi connectivity index (χ0n) is 13.2. The van der Waals surface area contributed by atoms with Gasteiger partial charge in [-0.1, -0.05) is 30.3 Å². The molecule has 0 fully saturated rings. The van der Waals surface area contributed by atoms with Gasteiger partial charge in [0.25, 0.3) is 0 Å².